The molecule has 0 spiro atoms. The summed E-state index contributed by atoms with van der Waals surface area (Å²) in [5.41, 5.74) is 0. The van der Waals surface area contributed by atoms with Gasteiger partial charge < -0.3 is 5.32 Å². The lowest BCUT2D eigenvalue weighted by molar-refractivity contribution is 0.383. The number of hydrogen-bond acceptors (Lipinski definition) is 1. The van der Waals surface area contributed by atoms with Crippen LogP contribution in [-0.4, -0.2) is 13.1 Å². The molecule has 0 saturated heterocycles. The molecule has 1 heteroatoms. The quantitative estimate of drug-likeness (QED) is 0.607. The normalized spacial score (nSPS) is 25.7. The maximum Gasteiger partial charge on any atom is 0.00640 e. The van der Waals surface area contributed by atoms with Crippen molar-refractivity contribution >= 4 is 0 Å². The average molecular weight is 127 g/mol. The van der Waals surface area contributed by atoms with Crippen molar-refractivity contribution in [2.75, 3.05) is 7.05 Å². The SMILES string of the molecule is CNC(C)C(C)C1CC1. The third-order valence-electron chi connectivity index (χ3n) is 2.61. The molecule has 2 atom stereocenters. The van der Waals surface area contributed by atoms with E-state index in [0.717, 1.165) is 11.8 Å². The van der Waals surface area contributed by atoms with Gasteiger partial charge in [0.2, 0.25) is 0 Å². The minimum atomic E-state index is 0.706. The van der Waals surface area contributed by atoms with E-state index >= 15 is 0 Å². The van der Waals surface area contributed by atoms with Crippen LogP contribution in [0.4, 0.5) is 0 Å². The summed E-state index contributed by atoms with van der Waals surface area (Å²) in [7, 11) is 2.05. The topological polar surface area (TPSA) is 12.0 Å². The molecule has 1 saturated carbocycles. The van der Waals surface area contributed by atoms with E-state index in [9.17, 15) is 0 Å². The Morgan fingerprint density at radius 2 is 1.89 bits per heavy atom. The molecule has 1 aliphatic rings. The lowest BCUT2D eigenvalue weighted by atomic mass is 9.99. The van der Waals surface area contributed by atoms with Gasteiger partial charge in [-0.3, -0.25) is 0 Å². The molecule has 0 aromatic carbocycles. The highest BCUT2D eigenvalue weighted by molar-refractivity contribution is 4.83. The molecule has 0 heterocycles. The fourth-order valence-corrected chi connectivity index (χ4v) is 1.29. The van der Waals surface area contributed by atoms with Crippen molar-refractivity contribution in [1.29, 1.82) is 0 Å². The van der Waals surface area contributed by atoms with E-state index < -0.39 is 0 Å². The van der Waals surface area contributed by atoms with Crippen LogP contribution in [0.3, 0.4) is 0 Å². The molecular weight excluding hydrogens is 110 g/mol. The zero-order valence-corrected chi connectivity index (χ0v) is 6.65. The van der Waals surface area contributed by atoms with Crippen molar-refractivity contribution in [3.8, 4) is 0 Å². The Labute approximate surface area is 57.8 Å². The van der Waals surface area contributed by atoms with Crippen LogP contribution < -0.4 is 5.32 Å². The van der Waals surface area contributed by atoms with Crippen molar-refractivity contribution in [1.82, 2.24) is 5.32 Å². The molecule has 9 heavy (non-hydrogen) atoms. The van der Waals surface area contributed by atoms with Crippen LogP contribution in [0.5, 0.6) is 0 Å². The highest BCUT2D eigenvalue weighted by Crippen LogP contribution is 2.37. The van der Waals surface area contributed by atoms with E-state index in [-0.39, 0.29) is 0 Å². The molecule has 1 aliphatic carbocycles. The van der Waals surface area contributed by atoms with Gasteiger partial charge in [-0.15, -0.1) is 0 Å². The van der Waals surface area contributed by atoms with Gasteiger partial charge in [0, 0.05) is 6.04 Å². The van der Waals surface area contributed by atoms with Crippen LogP contribution in [-0.2, 0) is 0 Å². The second-order valence-electron chi connectivity index (χ2n) is 3.27. The van der Waals surface area contributed by atoms with Gasteiger partial charge in [0.15, 0.2) is 0 Å². The zero-order chi connectivity index (χ0) is 6.85. The molecule has 1 rings (SSSR count). The first-order chi connectivity index (χ1) is 4.25. The minimum absolute atomic E-state index is 0.706. The van der Waals surface area contributed by atoms with Gasteiger partial charge in [-0.1, -0.05) is 6.92 Å². The molecule has 2 unspecified atom stereocenters. The van der Waals surface area contributed by atoms with Gasteiger partial charge in [-0.05, 0) is 38.6 Å². The summed E-state index contributed by atoms with van der Waals surface area (Å²) >= 11 is 0. The Morgan fingerprint density at radius 3 is 2.22 bits per heavy atom. The molecule has 1 N–H and O–H groups in total. The van der Waals surface area contributed by atoms with Crippen molar-refractivity contribution in [2.24, 2.45) is 11.8 Å². The zero-order valence-electron chi connectivity index (χ0n) is 6.65. The summed E-state index contributed by atoms with van der Waals surface area (Å²) in [5, 5.41) is 3.29. The minimum Gasteiger partial charge on any atom is -0.317 e. The van der Waals surface area contributed by atoms with Crippen molar-refractivity contribution in [2.45, 2.75) is 32.7 Å². The first-order valence-corrected chi connectivity index (χ1v) is 3.93. The Bertz CT molecular complexity index is 86.6. The van der Waals surface area contributed by atoms with Crippen molar-refractivity contribution in [3.05, 3.63) is 0 Å². The summed E-state index contributed by atoms with van der Waals surface area (Å²) in [5.74, 6) is 1.92. The van der Waals surface area contributed by atoms with Gasteiger partial charge in [0.1, 0.15) is 0 Å². The maximum atomic E-state index is 3.29. The van der Waals surface area contributed by atoms with Crippen LogP contribution in [0.1, 0.15) is 26.7 Å². The van der Waals surface area contributed by atoms with Crippen LogP contribution in [0.2, 0.25) is 0 Å². The molecule has 0 aliphatic heterocycles. The lowest BCUT2D eigenvalue weighted by Gasteiger charge is -2.17. The Morgan fingerprint density at radius 1 is 1.33 bits per heavy atom. The summed E-state index contributed by atoms with van der Waals surface area (Å²) in [6, 6.07) is 0.706. The maximum absolute atomic E-state index is 3.29. The van der Waals surface area contributed by atoms with Gasteiger partial charge in [-0.25, -0.2) is 0 Å². The Balaban J connectivity index is 2.22. The predicted octanol–water partition coefficient (Wildman–Crippen LogP) is 1.64. The van der Waals surface area contributed by atoms with Crippen LogP contribution in [0.15, 0.2) is 0 Å². The number of hydrogen-bond donors (Lipinski definition) is 1. The molecule has 0 bridgehead atoms. The van der Waals surface area contributed by atoms with E-state index in [2.05, 4.69) is 19.2 Å². The first-order valence-electron chi connectivity index (χ1n) is 3.93. The molecule has 1 nitrogen and oxygen atoms in total. The van der Waals surface area contributed by atoms with Gasteiger partial charge in [0.05, 0.1) is 0 Å². The Kier molecular flexibility index (Phi) is 2.12. The van der Waals surface area contributed by atoms with Crippen molar-refractivity contribution in [3.63, 3.8) is 0 Å². The summed E-state index contributed by atoms with van der Waals surface area (Å²) < 4.78 is 0. The van der Waals surface area contributed by atoms with Gasteiger partial charge in [-0.2, -0.15) is 0 Å². The van der Waals surface area contributed by atoms with E-state index in [4.69, 9.17) is 0 Å². The third-order valence-corrected chi connectivity index (χ3v) is 2.61. The van der Waals surface area contributed by atoms with Crippen LogP contribution >= 0.6 is 0 Å². The van der Waals surface area contributed by atoms with E-state index in [0.29, 0.717) is 6.04 Å². The second-order valence-corrected chi connectivity index (χ2v) is 3.27. The highest BCUT2D eigenvalue weighted by atomic mass is 14.9. The van der Waals surface area contributed by atoms with Gasteiger partial charge >= 0.3 is 0 Å². The average Bonchev–Trinajstić information content (AvgIpc) is 2.66. The highest BCUT2D eigenvalue weighted by Gasteiger charge is 2.30. The molecule has 0 aromatic heterocycles. The second kappa shape index (κ2) is 2.70. The van der Waals surface area contributed by atoms with E-state index in [1.807, 2.05) is 7.05 Å². The fraction of sp³-hybridized carbons (Fsp3) is 1.00. The van der Waals surface area contributed by atoms with E-state index in [1.165, 1.54) is 12.8 Å². The molecule has 54 valence electrons. The molecule has 0 aromatic rings. The lowest BCUT2D eigenvalue weighted by Crippen LogP contribution is -2.29. The number of nitrogens with one attached hydrogen (secondary N) is 1. The number of rotatable bonds is 3. The van der Waals surface area contributed by atoms with Crippen molar-refractivity contribution < 1.29 is 0 Å². The molecule has 1 fully saturated rings. The summed E-state index contributed by atoms with van der Waals surface area (Å²) in [4.78, 5) is 0. The first kappa shape index (κ1) is 7.07. The Hall–Kier alpha value is -0.0400. The van der Waals surface area contributed by atoms with Crippen LogP contribution in [0, 0.1) is 11.8 Å². The van der Waals surface area contributed by atoms with Crippen LogP contribution in [0.25, 0.3) is 0 Å². The molecular formula is C8H17N. The predicted molar refractivity (Wildman–Crippen MR) is 40.4 cm³/mol. The fourth-order valence-electron chi connectivity index (χ4n) is 1.29. The largest absolute Gasteiger partial charge is 0.317 e. The monoisotopic (exact) mass is 127 g/mol. The summed E-state index contributed by atoms with van der Waals surface area (Å²) in [6.45, 7) is 4.61. The molecule has 0 amide bonds. The standard InChI is InChI=1S/C8H17N/c1-6(7(2)9-3)8-4-5-8/h6-9H,4-5H2,1-3H3. The summed E-state index contributed by atoms with van der Waals surface area (Å²) in [6.07, 6.45) is 2.93. The third kappa shape index (κ3) is 1.68. The van der Waals surface area contributed by atoms with E-state index in [1.54, 1.807) is 0 Å². The van der Waals surface area contributed by atoms with Gasteiger partial charge in [0.25, 0.3) is 0 Å². The molecule has 0 radical (unpaired) electrons. The smallest absolute Gasteiger partial charge is 0.00640 e.